The van der Waals surface area contributed by atoms with Gasteiger partial charge in [0, 0.05) is 11.8 Å². The van der Waals surface area contributed by atoms with Crippen LogP contribution in [0.4, 0.5) is 15.8 Å². The number of anilines is 1. The van der Waals surface area contributed by atoms with Gasteiger partial charge in [-0.15, -0.1) is 0 Å². The highest BCUT2D eigenvalue weighted by Crippen LogP contribution is 2.22. The lowest BCUT2D eigenvalue weighted by atomic mass is 10.2. The van der Waals surface area contributed by atoms with Gasteiger partial charge >= 0.3 is 11.7 Å². The highest BCUT2D eigenvalue weighted by atomic mass is 32.2. The van der Waals surface area contributed by atoms with E-state index in [0.29, 0.717) is 5.75 Å². The van der Waals surface area contributed by atoms with E-state index in [1.807, 2.05) is 0 Å². The van der Waals surface area contributed by atoms with Crippen LogP contribution in [0.15, 0.2) is 53.4 Å². The molecule has 178 valence electrons. The molecule has 0 aliphatic heterocycles. The van der Waals surface area contributed by atoms with Crippen LogP contribution in [0, 0.1) is 15.9 Å². The number of amides is 1. The number of benzene rings is 2. The number of hydrogen-bond acceptors (Lipinski definition) is 8. The van der Waals surface area contributed by atoms with Crippen molar-refractivity contribution >= 4 is 45.0 Å². The third-order valence-electron chi connectivity index (χ3n) is 4.32. The van der Waals surface area contributed by atoms with Crippen molar-refractivity contribution in [2.24, 2.45) is 0 Å². The fourth-order valence-electron chi connectivity index (χ4n) is 2.60. The number of thioether (sulfide) groups is 1. The third-order valence-corrected chi connectivity index (χ3v) is 6.45. The number of rotatable bonds is 11. The third kappa shape index (κ3) is 7.51. The molecule has 2 aromatic rings. The molecule has 0 fully saturated rings. The van der Waals surface area contributed by atoms with Crippen molar-refractivity contribution in [1.82, 2.24) is 4.72 Å². The molecule has 0 spiro atoms. The van der Waals surface area contributed by atoms with Gasteiger partial charge in [-0.25, -0.2) is 8.42 Å². The van der Waals surface area contributed by atoms with E-state index in [2.05, 4.69) is 10.0 Å². The number of nitro groups is 1. The molecule has 0 saturated heterocycles. The molecule has 10 nitrogen and oxygen atoms in total. The molecule has 2 rings (SSSR count). The smallest absolute Gasteiger partial charge is 0.324 e. The minimum atomic E-state index is -4.02. The normalized spacial score (nSPS) is 13.1. The van der Waals surface area contributed by atoms with Crippen molar-refractivity contribution < 1.29 is 32.1 Å². The zero-order valence-corrected chi connectivity index (χ0v) is 19.3. The van der Waals surface area contributed by atoms with E-state index in [0.717, 1.165) is 18.2 Å². The Morgan fingerprint density at radius 1 is 1.21 bits per heavy atom. The Labute approximate surface area is 194 Å². The van der Waals surface area contributed by atoms with Gasteiger partial charge in [0.1, 0.15) is 6.04 Å². The summed E-state index contributed by atoms with van der Waals surface area (Å²) in [6.45, 7) is 1.25. The van der Waals surface area contributed by atoms with E-state index in [1.165, 1.54) is 43.0 Å². The summed E-state index contributed by atoms with van der Waals surface area (Å²) in [6, 6.07) is 8.99. The monoisotopic (exact) mass is 499 g/mol. The van der Waals surface area contributed by atoms with Gasteiger partial charge in [0.2, 0.25) is 15.8 Å². The Morgan fingerprint density at radius 2 is 1.88 bits per heavy atom. The fraction of sp³-hybridized carbons (Fsp3) is 0.300. The molecule has 2 N–H and O–H groups in total. The fourth-order valence-corrected chi connectivity index (χ4v) is 4.31. The Kier molecular flexibility index (Phi) is 9.32. The summed E-state index contributed by atoms with van der Waals surface area (Å²) in [6.07, 6.45) is 0.538. The topological polar surface area (TPSA) is 145 Å². The average Bonchev–Trinajstić information content (AvgIpc) is 2.78. The van der Waals surface area contributed by atoms with Crippen LogP contribution in [-0.2, 0) is 24.3 Å². The van der Waals surface area contributed by atoms with Crippen molar-refractivity contribution in [2.45, 2.75) is 30.4 Å². The van der Waals surface area contributed by atoms with Crippen LogP contribution >= 0.6 is 11.8 Å². The second-order valence-electron chi connectivity index (χ2n) is 6.76. The number of nitro benzene ring substituents is 1. The van der Waals surface area contributed by atoms with Gasteiger partial charge in [0.15, 0.2) is 6.10 Å². The van der Waals surface area contributed by atoms with Crippen LogP contribution in [0.1, 0.15) is 13.3 Å². The molecule has 0 radical (unpaired) electrons. The number of carbonyl (C=O) groups excluding carboxylic acids is 2. The molecule has 13 heteroatoms. The van der Waals surface area contributed by atoms with Gasteiger partial charge in [-0.3, -0.25) is 19.7 Å². The minimum Gasteiger partial charge on any atom is -0.451 e. The number of nitrogens with one attached hydrogen (secondary N) is 2. The quantitative estimate of drug-likeness (QED) is 0.273. The van der Waals surface area contributed by atoms with Gasteiger partial charge < -0.3 is 10.1 Å². The molecule has 1 amide bonds. The van der Waals surface area contributed by atoms with Crippen LogP contribution in [0.2, 0.25) is 0 Å². The summed E-state index contributed by atoms with van der Waals surface area (Å²) in [4.78, 5) is 34.9. The van der Waals surface area contributed by atoms with Crippen molar-refractivity contribution in [3.63, 3.8) is 0 Å². The summed E-state index contributed by atoms with van der Waals surface area (Å²) in [5, 5.41) is 13.1. The number of halogens is 1. The first-order valence-electron chi connectivity index (χ1n) is 9.56. The zero-order chi connectivity index (χ0) is 24.6. The first-order valence-corrected chi connectivity index (χ1v) is 12.4. The maximum Gasteiger partial charge on any atom is 0.324 e. The SMILES string of the molecule is CSCCC(NS(=O)(=O)c1ccccc1)C(=O)OC(C)C(=O)Nc1ccc(F)c([N+](=O)[O-])c1. The van der Waals surface area contributed by atoms with Crippen molar-refractivity contribution in [1.29, 1.82) is 0 Å². The summed E-state index contributed by atoms with van der Waals surface area (Å²) < 4.78 is 46.1. The molecular formula is C20H22FN3O7S2. The maximum atomic E-state index is 13.5. The Hall–Kier alpha value is -3.03. The standard InChI is InChI=1S/C20H22FN3O7S2/c1-13(19(25)22-14-8-9-16(21)18(12-14)24(27)28)31-20(26)17(10-11-32-2)23-33(29,30)15-6-4-3-5-7-15/h3-9,12-13,17,23H,10-11H2,1-2H3,(H,22,25). The molecule has 0 heterocycles. The summed E-state index contributed by atoms with van der Waals surface area (Å²) in [7, 11) is -4.02. The zero-order valence-electron chi connectivity index (χ0n) is 17.7. The van der Waals surface area contributed by atoms with Gasteiger partial charge in [-0.2, -0.15) is 20.9 Å². The molecule has 0 aliphatic rings. The summed E-state index contributed by atoms with van der Waals surface area (Å²) in [5.41, 5.74) is -0.899. The first-order chi connectivity index (χ1) is 15.5. The van der Waals surface area contributed by atoms with Crippen molar-refractivity contribution in [3.8, 4) is 0 Å². The number of carbonyl (C=O) groups is 2. The van der Waals surface area contributed by atoms with E-state index in [1.54, 1.807) is 12.3 Å². The molecular weight excluding hydrogens is 477 g/mol. The summed E-state index contributed by atoms with van der Waals surface area (Å²) >= 11 is 1.39. The molecule has 2 unspecified atom stereocenters. The maximum absolute atomic E-state index is 13.5. The van der Waals surface area contributed by atoms with Crippen LogP contribution in [0.25, 0.3) is 0 Å². The number of esters is 1. The van der Waals surface area contributed by atoms with E-state index in [-0.39, 0.29) is 17.0 Å². The van der Waals surface area contributed by atoms with E-state index in [4.69, 9.17) is 4.74 Å². The van der Waals surface area contributed by atoms with E-state index >= 15 is 0 Å². The Morgan fingerprint density at radius 3 is 2.48 bits per heavy atom. The molecule has 0 bridgehead atoms. The summed E-state index contributed by atoms with van der Waals surface area (Å²) in [5.74, 6) is -2.42. The molecule has 2 atom stereocenters. The predicted molar refractivity (Wildman–Crippen MR) is 121 cm³/mol. The highest BCUT2D eigenvalue weighted by Gasteiger charge is 2.29. The van der Waals surface area contributed by atoms with Crippen molar-refractivity contribution in [3.05, 3.63) is 64.5 Å². The first kappa shape index (κ1) is 26.2. The van der Waals surface area contributed by atoms with Gasteiger partial charge in [-0.05, 0) is 49.6 Å². The lowest BCUT2D eigenvalue weighted by Crippen LogP contribution is -2.44. The van der Waals surface area contributed by atoms with Crippen LogP contribution in [0.5, 0.6) is 0 Å². The number of hydrogen-bond donors (Lipinski definition) is 2. The van der Waals surface area contributed by atoms with Crippen molar-refractivity contribution in [2.75, 3.05) is 17.3 Å². The Balaban J connectivity index is 2.09. The van der Waals surface area contributed by atoms with E-state index in [9.17, 15) is 32.5 Å². The van der Waals surface area contributed by atoms with Crippen LogP contribution in [0.3, 0.4) is 0 Å². The predicted octanol–water partition coefficient (Wildman–Crippen LogP) is 2.70. The number of ether oxygens (including phenoxy) is 1. The molecule has 0 saturated carbocycles. The molecule has 2 aromatic carbocycles. The second-order valence-corrected chi connectivity index (χ2v) is 9.46. The number of sulfonamides is 1. The van der Waals surface area contributed by atoms with Crippen LogP contribution < -0.4 is 10.0 Å². The Bertz CT molecular complexity index is 1110. The molecule has 0 aliphatic carbocycles. The second kappa shape index (κ2) is 11.7. The van der Waals surface area contributed by atoms with Crippen LogP contribution in [-0.4, -0.2) is 49.4 Å². The lowest BCUT2D eigenvalue weighted by Gasteiger charge is -2.20. The van der Waals surface area contributed by atoms with E-state index < -0.39 is 50.5 Å². The molecule has 33 heavy (non-hydrogen) atoms. The lowest BCUT2D eigenvalue weighted by molar-refractivity contribution is -0.387. The average molecular weight is 500 g/mol. The van der Waals surface area contributed by atoms with Gasteiger partial charge in [0.05, 0.1) is 9.82 Å². The number of nitrogens with zero attached hydrogens (tertiary/aromatic N) is 1. The van der Waals surface area contributed by atoms with Gasteiger partial charge in [-0.1, -0.05) is 18.2 Å². The van der Waals surface area contributed by atoms with Gasteiger partial charge in [0.25, 0.3) is 5.91 Å². The highest BCUT2D eigenvalue weighted by molar-refractivity contribution is 7.98. The largest absolute Gasteiger partial charge is 0.451 e. The molecule has 0 aromatic heterocycles. The minimum absolute atomic E-state index is 0.0318.